The van der Waals surface area contributed by atoms with Crippen LogP contribution < -0.4 is 10.6 Å². The van der Waals surface area contributed by atoms with Gasteiger partial charge in [-0.05, 0) is 0 Å². The number of nitrogens with zero attached hydrogens (tertiary/aromatic N) is 3. The van der Waals surface area contributed by atoms with Gasteiger partial charge in [0, 0.05) is 14.1 Å². The van der Waals surface area contributed by atoms with Gasteiger partial charge in [-0.2, -0.15) is 0 Å². The predicted octanol–water partition coefficient (Wildman–Crippen LogP) is 2.09. The van der Waals surface area contributed by atoms with Crippen molar-refractivity contribution >= 4 is 52.2 Å². The Bertz CT molecular complexity index is 639. The van der Waals surface area contributed by atoms with Crippen molar-refractivity contribution in [1.29, 1.82) is 0 Å². The third-order valence-corrected chi connectivity index (χ3v) is 3.34. The number of anilines is 1. The van der Waals surface area contributed by atoms with E-state index >= 15 is 0 Å². The number of fused-ring (bicyclic) bond motifs is 1. The van der Waals surface area contributed by atoms with Crippen molar-refractivity contribution in [3.63, 3.8) is 0 Å². The second-order valence-electron chi connectivity index (χ2n) is 3.28. The number of halogens is 3. The van der Waals surface area contributed by atoms with Crippen molar-refractivity contribution in [2.24, 2.45) is 0 Å². The summed E-state index contributed by atoms with van der Waals surface area (Å²) in [6.45, 7) is 0. The number of amides is 1. The lowest BCUT2D eigenvalue weighted by Gasteiger charge is -2.05. The fourth-order valence-corrected chi connectivity index (χ4v) is 2.17. The van der Waals surface area contributed by atoms with Gasteiger partial charge in [0.15, 0.2) is 27.5 Å². The molecule has 18 heavy (non-hydrogen) atoms. The summed E-state index contributed by atoms with van der Waals surface area (Å²) < 4.78 is 1.36. The van der Waals surface area contributed by atoms with E-state index in [1.807, 2.05) is 0 Å². The van der Waals surface area contributed by atoms with Crippen LogP contribution in [0.5, 0.6) is 0 Å². The number of hydrogen-bond donors (Lipinski definition) is 2. The van der Waals surface area contributed by atoms with Crippen molar-refractivity contribution in [1.82, 2.24) is 19.7 Å². The first kappa shape index (κ1) is 13.2. The summed E-state index contributed by atoms with van der Waals surface area (Å²) in [6.07, 6.45) is 0. The van der Waals surface area contributed by atoms with Gasteiger partial charge in [0.25, 0.3) is 5.91 Å². The first-order valence-corrected chi connectivity index (χ1v) is 5.97. The number of imidazole rings is 1. The zero-order chi connectivity index (χ0) is 13.4. The highest BCUT2D eigenvalue weighted by Crippen LogP contribution is 2.30. The molecule has 0 aromatic carbocycles. The highest BCUT2D eigenvalue weighted by Gasteiger charge is 2.22. The molecule has 0 unspecified atom stereocenters. The van der Waals surface area contributed by atoms with E-state index in [1.54, 1.807) is 7.05 Å². The van der Waals surface area contributed by atoms with E-state index in [4.69, 9.17) is 34.8 Å². The van der Waals surface area contributed by atoms with Crippen LogP contribution in [0.25, 0.3) is 5.65 Å². The molecule has 0 aliphatic heterocycles. The summed E-state index contributed by atoms with van der Waals surface area (Å²) in [5, 5.41) is 5.49. The van der Waals surface area contributed by atoms with Crippen LogP contribution in [0.3, 0.4) is 0 Å². The fourth-order valence-electron chi connectivity index (χ4n) is 1.46. The van der Waals surface area contributed by atoms with Crippen LogP contribution in [0.15, 0.2) is 0 Å². The van der Waals surface area contributed by atoms with E-state index in [2.05, 4.69) is 20.6 Å². The van der Waals surface area contributed by atoms with Gasteiger partial charge in [0.05, 0.1) is 0 Å². The maximum absolute atomic E-state index is 11.6. The molecule has 6 nitrogen and oxygen atoms in total. The minimum Gasteiger partial charge on any atom is -0.370 e. The van der Waals surface area contributed by atoms with Crippen LogP contribution in [-0.4, -0.2) is 34.4 Å². The second-order valence-corrected chi connectivity index (χ2v) is 4.36. The quantitative estimate of drug-likeness (QED) is 0.891. The van der Waals surface area contributed by atoms with Crippen molar-refractivity contribution in [3.8, 4) is 0 Å². The van der Waals surface area contributed by atoms with Gasteiger partial charge in [-0.3, -0.25) is 9.20 Å². The summed E-state index contributed by atoms with van der Waals surface area (Å²) in [5.41, 5.74) is 0.386. The number of hydrogen-bond acceptors (Lipinski definition) is 4. The Morgan fingerprint density at radius 2 is 1.83 bits per heavy atom. The third kappa shape index (κ3) is 1.86. The summed E-state index contributed by atoms with van der Waals surface area (Å²) in [4.78, 5) is 19.7. The molecule has 0 spiro atoms. The highest BCUT2D eigenvalue weighted by atomic mass is 35.5. The van der Waals surface area contributed by atoms with Gasteiger partial charge in [-0.25, -0.2) is 9.97 Å². The Morgan fingerprint density at radius 1 is 1.17 bits per heavy atom. The molecule has 0 saturated carbocycles. The predicted molar refractivity (Wildman–Crippen MR) is 71.0 cm³/mol. The molecule has 0 atom stereocenters. The molecule has 0 saturated heterocycles. The van der Waals surface area contributed by atoms with Crippen LogP contribution in [0.2, 0.25) is 15.5 Å². The monoisotopic (exact) mass is 307 g/mol. The van der Waals surface area contributed by atoms with E-state index in [0.717, 1.165) is 0 Å². The Labute approximate surface area is 117 Å². The topological polar surface area (TPSA) is 71.3 Å². The lowest BCUT2D eigenvalue weighted by atomic mass is 10.4. The van der Waals surface area contributed by atoms with Crippen LogP contribution >= 0.6 is 34.8 Å². The van der Waals surface area contributed by atoms with E-state index < -0.39 is 5.91 Å². The van der Waals surface area contributed by atoms with Gasteiger partial charge in [0.1, 0.15) is 5.15 Å². The molecule has 1 amide bonds. The Hall–Kier alpha value is -1.24. The van der Waals surface area contributed by atoms with E-state index in [-0.39, 0.29) is 21.2 Å². The molecule has 2 aromatic rings. The molecular weight excluding hydrogens is 300 g/mol. The minimum absolute atomic E-state index is 0.0571. The van der Waals surface area contributed by atoms with Crippen molar-refractivity contribution < 1.29 is 4.79 Å². The first-order valence-electron chi connectivity index (χ1n) is 4.84. The summed E-state index contributed by atoms with van der Waals surface area (Å²) in [5.74, 6) is -0.0422. The fraction of sp³-hybridized carbons (Fsp3) is 0.222. The molecule has 0 radical (unpaired) electrons. The molecule has 0 aliphatic carbocycles. The number of nitrogens with one attached hydrogen (secondary N) is 2. The van der Waals surface area contributed by atoms with Crippen LogP contribution in [0, 0.1) is 0 Å². The summed E-state index contributed by atoms with van der Waals surface area (Å²) in [7, 11) is 3.13. The lowest BCUT2D eigenvalue weighted by molar-refractivity contribution is 0.0959. The van der Waals surface area contributed by atoms with E-state index in [9.17, 15) is 4.79 Å². The molecule has 2 aromatic heterocycles. The van der Waals surface area contributed by atoms with Gasteiger partial charge in [-0.1, -0.05) is 34.8 Å². The summed E-state index contributed by atoms with van der Waals surface area (Å²) in [6, 6.07) is 0. The van der Waals surface area contributed by atoms with Gasteiger partial charge in [0.2, 0.25) is 0 Å². The largest absolute Gasteiger partial charge is 0.370 e. The average Bonchev–Trinajstić information content (AvgIpc) is 2.71. The molecule has 9 heteroatoms. The second kappa shape index (κ2) is 4.79. The zero-order valence-electron chi connectivity index (χ0n) is 9.38. The lowest BCUT2D eigenvalue weighted by Crippen LogP contribution is -2.18. The maximum atomic E-state index is 11.6. The number of carbonyl (C=O) groups is 1. The van der Waals surface area contributed by atoms with E-state index in [1.165, 1.54) is 11.4 Å². The molecule has 2 N–H and O–H groups in total. The van der Waals surface area contributed by atoms with Gasteiger partial charge < -0.3 is 10.6 Å². The number of carbonyl (C=O) groups excluding carboxylic acids is 1. The average molecular weight is 309 g/mol. The van der Waals surface area contributed by atoms with Crippen LogP contribution in [0.1, 0.15) is 10.5 Å². The number of aromatic nitrogens is 3. The number of rotatable bonds is 2. The SMILES string of the molecule is CNC(=O)c1nc2c(NC)nc(Cl)c(Cl)n2c1Cl. The van der Waals surface area contributed by atoms with Crippen LogP contribution in [0.4, 0.5) is 5.82 Å². The molecule has 0 bridgehead atoms. The minimum atomic E-state index is -0.419. The smallest absolute Gasteiger partial charge is 0.272 e. The van der Waals surface area contributed by atoms with Crippen molar-refractivity contribution in [3.05, 3.63) is 21.2 Å². The van der Waals surface area contributed by atoms with Crippen molar-refractivity contribution in [2.45, 2.75) is 0 Å². The zero-order valence-corrected chi connectivity index (χ0v) is 11.7. The third-order valence-electron chi connectivity index (χ3n) is 2.29. The Morgan fingerprint density at radius 3 is 2.39 bits per heavy atom. The molecule has 0 aliphatic rings. The first-order chi connectivity index (χ1) is 8.51. The summed E-state index contributed by atoms with van der Waals surface area (Å²) >= 11 is 18.0. The molecule has 2 rings (SSSR count). The Kier molecular flexibility index (Phi) is 3.52. The van der Waals surface area contributed by atoms with Gasteiger partial charge in [-0.15, -0.1) is 0 Å². The van der Waals surface area contributed by atoms with Crippen molar-refractivity contribution in [2.75, 3.05) is 19.4 Å². The van der Waals surface area contributed by atoms with Gasteiger partial charge >= 0.3 is 0 Å². The normalized spacial score (nSPS) is 10.7. The Balaban J connectivity index is 2.86. The molecule has 96 valence electrons. The molecule has 0 fully saturated rings. The molecule has 2 heterocycles. The standard InChI is InChI=1S/C9H8Cl3N5O/c1-13-7-8-15-3(9(18)14-2)5(11)17(8)6(12)4(10)16-7/h1-2H3,(H,13,16)(H,14,18). The van der Waals surface area contributed by atoms with E-state index in [0.29, 0.717) is 11.5 Å². The highest BCUT2D eigenvalue weighted by molar-refractivity contribution is 6.41. The molecular formula is C9H8Cl3N5O. The van der Waals surface area contributed by atoms with Crippen LogP contribution in [-0.2, 0) is 0 Å². The maximum Gasteiger partial charge on any atom is 0.272 e.